The van der Waals surface area contributed by atoms with E-state index in [4.69, 9.17) is 10.1 Å². The molecule has 0 spiro atoms. The average Bonchev–Trinajstić information content (AvgIpc) is 2.84. The number of nitrogens with one attached hydrogen (secondary N) is 2. The zero-order valence-electron chi connectivity index (χ0n) is 13.0. The van der Waals surface area contributed by atoms with Crippen LogP contribution in [0.3, 0.4) is 0 Å². The van der Waals surface area contributed by atoms with Crippen LogP contribution in [0.5, 0.6) is 5.75 Å². The molecule has 8 heteroatoms. The number of amidine groups is 1. The van der Waals surface area contributed by atoms with E-state index in [1.807, 2.05) is 31.2 Å². The van der Waals surface area contributed by atoms with Gasteiger partial charge in [0.15, 0.2) is 0 Å². The molecule has 0 unspecified atom stereocenters. The van der Waals surface area contributed by atoms with Crippen LogP contribution in [0.15, 0.2) is 53.4 Å². The van der Waals surface area contributed by atoms with Crippen molar-refractivity contribution in [3.63, 3.8) is 0 Å². The predicted octanol–water partition coefficient (Wildman–Crippen LogP) is 2.70. The van der Waals surface area contributed by atoms with Gasteiger partial charge in [-0.2, -0.15) is 0 Å². The van der Waals surface area contributed by atoms with Crippen molar-refractivity contribution in [3.8, 4) is 5.75 Å². The minimum atomic E-state index is -3.75. The molecule has 2 aromatic carbocycles. The van der Waals surface area contributed by atoms with Gasteiger partial charge < -0.3 is 4.74 Å². The summed E-state index contributed by atoms with van der Waals surface area (Å²) in [6.07, 6.45) is 0. The fraction of sp³-hybridized carbons (Fsp3) is 0.188. The van der Waals surface area contributed by atoms with Crippen LogP contribution in [0, 0.1) is 5.41 Å². The van der Waals surface area contributed by atoms with Crippen LogP contribution >= 0.6 is 17.0 Å². The van der Waals surface area contributed by atoms with Crippen molar-refractivity contribution in [1.29, 1.82) is 5.41 Å². The molecule has 0 radical (unpaired) electrons. The van der Waals surface area contributed by atoms with Crippen LogP contribution in [0.4, 0.5) is 0 Å². The summed E-state index contributed by atoms with van der Waals surface area (Å²) in [6, 6.07) is 13.6. The third-order valence-electron chi connectivity index (χ3n) is 3.55. The fourth-order valence-corrected chi connectivity index (χ4v) is 3.49. The van der Waals surface area contributed by atoms with Crippen molar-refractivity contribution in [2.75, 3.05) is 6.61 Å². The molecule has 128 valence electrons. The molecule has 0 aromatic heterocycles. The van der Waals surface area contributed by atoms with Gasteiger partial charge in [0.05, 0.1) is 18.0 Å². The minimum Gasteiger partial charge on any atom is -0.494 e. The predicted molar refractivity (Wildman–Crippen MR) is 97.1 cm³/mol. The zero-order valence-corrected chi connectivity index (χ0v) is 15.6. The molecule has 0 fully saturated rings. The largest absolute Gasteiger partial charge is 0.494 e. The lowest BCUT2D eigenvalue weighted by Crippen LogP contribution is -2.42. The third-order valence-corrected chi connectivity index (χ3v) is 4.90. The zero-order chi connectivity index (χ0) is 16.4. The molecular weight excluding hydrogens is 394 g/mol. The molecule has 6 nitrogen and oxygen atoms in total. The van der Waals surface area contributed by atoms with E-state index in [2.05, 4.69) is 4.83 Å². The maximum atomic E-state index is 12.5. The summed E-state index contributed by atoms with van der Waals surface area (Å²) >= 11 is 0. The van der Waals surface area contributed by atoms with E-state index >= 15 is 0 Å². The monoisotopic (exact) mass is 411 g/mol. The molecule has 0 saturated carbocycles. The third kappa shape index (κ3) is 3.61. The Morgan fingerprint density at radius 3 is 2.46 bits per heavy atom. The molecule has 1 heterocycles. The minimum absolute atomic E-state index is 0. The molecule has 2 aromatic rings. The van der Waals surface area contributed by atoms with Gasteiger partial charge in [0.25, 0.3) is 10.0 Å². The molecule has 0 saturated heterocycles. The summed E-state index contributed by atoms with van der Waals surface area (Å²) in [7, 11) is -3.75. The van der Waals surface area contributed by atoms with E-state index in [1.54, 1.807) is 12.1 Å². The number of hydrazine groups is 1. The molecule has 3 rings (SSSR count). The summed E-state index contributed by atoms with van der Waals surface area (Å²) < 4.78 is 30.2. The second kappa shape index (κ2) is 7.33. The first kappa shape index (κ1) is 18.4. The van der Waals surface area contributed by atoms with E-state index < -0.39 is 10.0 Å². The van der Waals surface area contributed by atoms with E-state index in [0.29, 0.717) is 18.9 Å². The SMILES string of the molecule is Br.CCOc1ccc(S(=O)(=O)NN2Cc3ccccc3C2=N)cc1. The standard InChI is InChI=1S/C16H17N3O3S.BrH/c1-2-22-13-7-9-14(10-8-13)23(20,21)18-19-11-12-5-3-4-6-15(12)16(19)17;/h3-10,17-18H,2,11H2,1H3;1H. The Kier molecular flexibility index (Phi) is 5.63. The highest BCUT2D eigenvalue weighted by Crippen LogP contribution is 2.22. The Balaban J connectivity index is 0.00000208. The fourth-order valence-electron chi connectivity index (χ4n) is 2.44. The molecule has 0 atom stereocenters. The van der Waals surface area contributed by atoms with E-state index in [0.717, 1.165) is 11.1 Å². The van der Waals surface area contributed by atoms with Crippen LogP contribution < -0.4 is 9.57 Å². The summed E-state index contributed by atoms with van der Waals surface area (Å²) in [5, 5.41) is 9.43. The van der Waals surface area contributed by atoms with Gasteiger partial charge in [-0.15, -0.1) is 21.8 Å². The van der Waals surface area contributed by atoms with Crippen LogP contribution in [-0.4, -0.2) is 25.9 Å². The second-order valence-corrected chi connectivity index (χ2v) is 6.75. The van der Waals surface area contributed by atoms with Crippen molar-refractivity contribution in [3.05, 3.63) is 59.7 Å². The highest BCUT2D eigenvalue weighted by atomic mass is 79.9. The van der Waals surface area contributed by atoms with Crippen molar-refractivity contribution in [2.45, 2.75) is 18.4 Å². The topological polar surface area (TPSA) is 82.5 Å². The van der Waals surface area contributed by atoms with E-state index in [9.17, 15) is 8.42 Å². The number of rotatable bonds is 5. The van der Waals surface area contributed by atoms with Crippen LogP contribution in [0.25, 0.3) is 0 Å². The van der Waals surface area contributed by atoms with Gasteiger partial charge in [-0.25, -0.2) is 8.42 Å². The van der Waals surface area contributed by atoms with Crippen LogP contribution in [0.2, 0.25) is 0 Å². The molecule has 0 bridgehead atoms. The Morgan fingerprint density at radius 2 is 1.83 bits per heavy atom. The first-order chi connectivity index (χ1) is 11.0. The average molecular weight is 412 g/mol. The summed E-state index contributed by atoms with van der Waals surface area (Å²) in [5.41, 5.74) is 1.66. The van der Waals surface area contributed by atoms with Crippen molar-refractivity contribution < 1.29 is 13.2 Å². The Bertz CT molecular complexity index is 838. The molecule has 0 amide bonds. The quantitative estimate of drug-likeness (QED) is 0.791. The highest BCUT2D eigenvalue weighted by molar-refractivity contribution is 8.93. The molecule has 0 aliphatic carbocycles. The molecule has 24 heavy (non-hydrogen) atoms. The second-order valence-electron chi connectivity index (χ2n) is 5.09. The normalized spacial score (nSPS) is 13.4. The summed E-state index contributed by atoms with van der Waals surface area (Å²) in [6.45, 7) is 2.72. The number of hydrogen-bond acceptors (Lipinski definition) is 4. The lowest BCUT2D eigenvalue weighted by molar-refractivity contribution is 0.340. The first-order valence-corrected chi connectivity index (χ1v) is 8.69. The number of sulfonamides is 1. The maximum Gasteiger partial charge on any atom is 0.257 e. The first-order valence-electron chi connectivity index (χ1n) is 7.21. The summed E-state index contributed by atoms with van der Waals surface area (Å²) in [5.74, 6) is 0.767. The number of fused-ring (bicyclic) bond motifs is 1. The van der Waals surface area contributed by atoms with Gasteiger partial charge in [0.2, 0.25) is 0 Å². The van der Waals surface area contributed by atoms with Gasteiger partial charge in [-0.3, -0.25) is 10.4 Å². The smallest absolute Gasteiger partial charge is 0.257 e. The number of nitrogens with zero attached hydrogens (tertiary/aromatic N) is 1. The Morgan fingerprint density at radius 1 is 1.17 bits per heavy atom. The lowest BCUT2D eigenvalue weighted by atomic mass is 10.1. The highest BCUT2D eigenvalue weighted by Gasteiger charge is 2.28. The number of halogens is 1. The molecule has 1 aliphatic heterocycles. The molecular formula is C16H18BrN3O3S. The van der Waals surface area contributed by atoms with E-state index in [1.165, 1.54) is 17.1 Å². The Hall–Kier alpha value is -1.90. The van der Waals surface area contributed by atoms with Crippen molar-refractivity contribution in [1.82, 2.24) is 9.84 Å². The molecule has 1 aliphatic rings. The van der Waals surface area contributed by atoms with Crippen LogP contribution in [0.1, 0.15) is 18.1 Å². The molecule has 2 N–H and O–H groups in total. The number of ether oxygens (including phenoxy) is 1. The van der Waals surface area contributed by atoms with Crippen LogP contribution in [-0.2, 0) is 16.6 Å². The maximum absolute atomic E-state index is 12.5. The van der Waals surface area contributed by atoms with Gasteiger partial charge in [-0.1, -0.05) is 24.3 Å². The van der Waals surface area contributed by atoms with E-state index in [-0.39, 0.29) is 27.7 Å². The summed E-state index contributed by atoms with van der Waals surface area (Å²) in [4.78, 5) is 2.59. The number of benzene rings is 2. The van der Waals surface area contributed by atoms with Gasteiger partial charge >= 0.3 is 0 Å². The lowest BCUT2D eigenvalue weighted by Gasteiger charge is -2.19. The van der Waals surface area contributed by atoms with Crippen molar-refractivity contribution in [2.24, 2.45) is 0 Å². The van der Waals surface area contributed by atoms with Crippen molar-refractivity contribution >= 4 is 32.8 Å². The van der Waals surface area contributed by atoms with Gasteiger partial charge in [-0.05, 0) is 36.8 Å². The van der Waals surface area contributed by atoms with Gasteiger partial charge in [0, 0.05) is 5.56 Å². The van der Waals surface area contributed by atoms with Gasteiger partial charge in [0.1, 0.15) is 11.6 Å². The Labute approximate surface area is 151 Å². The number of hydrogen-bond donors (Lipinski definition) is 2.